The maximum Gasteiger partial charge on any atom is 0.358 e. The Kier molecular flexibility index (Phi) is 5.03. The molecule has 1 saturated carbocycles. The first-order valence-electron chi connectivity index (χ1n) is 8.01. The summed E-state index contributed by atoms with van der Waals surface area (Å²) in [6.07, 6.45) is 1.96. The number of nitro groups is 1. The van der Waals surface area contributed by atoms with Gasteiger partial charge < -0.3 is 9.64 Å². The number of non-ortho nitro benzene ring substituents is 1. The number of carbonyl (C=O) groups excluding carboxylic acids is 1. The van der Waals surface area contributed by atoms with Crippen molar-refractivity contribution in [3.8, 4) is 0 Å². The van der Waals surface area contributed by atoms with Crippen molar-refractivity contribution in [2.24, 2.45) is 0 Å². The molecular formula is C17H17ClN4O4. The van der Waals surface area contributed by atoms with Crippen molar-refractivity contribution in [3.63, 3.8) is 0 Å². The topological polar surface area (TPSA) is 98.5 Å². The van der Waals surface area contributed by atoms with Gasteiger partial charge in [-0.15, -0.1) is 0 Å². The number of nitrogens with zero attached hydrogens (tertiary/aromatic N) is 4. The van der Waals surface area contributed by atoms with Crippen molar-refractivity contribution in [2.75, 3.05) is 19.1 Å². The number of esters is 1. The summed E-state index contributed by atoms with van der Waals surface area (Å²) >= 11 is 6.35. The normalized spacial score (nSPS) is 13.3. The highest BCUT2D eigenvalue weighted by molar-refractivity contribution is 6.35. The van der Waals surface area contributed by atoms with Crippen LogP contribution in [0.4, 0.5) is 11.5 Å². The van der Waals surface area contributed by atoms with Gasteiger partial charge >= 0.3 is 5.97 Å². The van der Waals surface area contributed by atoms with Crippen LogP contribution >= 0.6 is 11.6 Å². The first-order chi connectivity index (χ1) is 12.4. The molecule has 1 aromatic carbocycles. The molecule has 0 bridgehead atoms. The third-order valence-electron chi connectivity index (χ3n) is 4.10. The van der Waals surface area contributed by atoms with Crippen molar-refractivity contribution in [2.45, 2.75) is 25.3 Å². The summed E-state index contributed by atoms with van der Waals surface area (Å²) in [4.78, 5) is 32.9. The highest BCUT2D eigenvalue weighted by atomic mass is 35.5. The summed E-state index contributed by atoms with van der Waals surface area (Å²) in [7, 11) is 3.06. The fraction of sp³-hybridized carbons (Fsp3) is 0.353. The molecule has 9 heteroatoms. The molecule has 0 atom stereocenters. The minimum atomic E-state index is -0.607. The molecule has 3 rings (SSSR count). The van der Waals surface area contributed by atoms with Crippen LogP contribution in [0, 0.1) is 10.1 Å². The number of nitro benzene ring substituents is 1. The number of rotatable bonds is 6. The van der Waals surface area contributed by atoms with Gasteiger partial charge in [0.2, 0.25) is 0 Å². The quantitative estimate of drug-likeness (QED) is 0.433. The Hall–Kier alpha value is -2.74. The molecule has 0 aliphatic heterocycles. The van der Waals surface area contributed by atoms with Crippen molar-refractivity contribution in [3.05, 3.63) is 56.5 Å². The van der Waals surface area contributed by atoms with E-state index in [1.165, 1.54) is 19.2 Å². The number of hydrogen-bond donors (Lipinski definition) is 0. The molecule has 1 aliphatic carbocycles. The molecule has 1 aliphatic rings. The van der Waals surface area contributed by atoms with Gasteiger partial charge in [-0.1, -0.05) is 23.7 Å². The Bertz CT molecular complexity index is 853. The van der Waals surface area contributed by atoms with Crippen LogP contribution in [0.2, 0.25) is 5.02 Å². The number of methoxy groups -OCH3 is 1. The average molecular weight is 377 g/mol. The van der Waals surface area contributed by atoms with E-state index < -0.39 is 10.9 Å². The van der Waals surface area contributed by atoms with E-state index in [4.69, 9.17) is 16.3 Å². The van der Waals surface area contributed by atoms with Gasteiger partial charge in [0.05, 0.1) is 12.0 Å². The van der Waals surface area contributed by atoms with Crippen LogP contribution in [0.1, 0.15) is 40.6 Å². The molecule has 2 aromatic rings. The summed E-state index contributed by atoms with van der Waals surface area (Å²) in [5.74, 6) is 0.647. The minimum Gasteiger partial charge on any atom is -0.464 e. The molecule has 0 radical (unpaired) electrons. The second-order valence-electron chi connectivity index (χ2n) is 6.11. The second-order valence-corrected chi connectivity index (χ2v) is 6.49. The van der Waals surface area contributed by atoms with E-state index in [0.29, 0.717) is 18.2 Å². The first kappa shape index (κ1) is 18.1. The number of aromatic nitrogens is 2. The van der Waals surface area contributed by atoms with Crippen LogP contribution in [-0.4, -0.2) is 35.0 Å². The number of halogens is 1. The van der Waals surface area contributed by atoms with Gasteiger partial charge in [0, 0.05) is 31.6 Å². The molecular weight excluding hydrogens is 360 g/mol. The molecule has 0 saturated heterocycles. The molecule has 1 aromatic heterocycles. The highest BCUT2D eigenvalue weighted by Crippen LogP contribution is 2.40. The standard InChI is InChI=1S/C17H17ClN4O4/c1-21(9-10-3-7-12(8-4-10)22(24)25)16-13(18)14(17(23)26-2)19-15(20-16)11-5-6-11/h3-4,7-8,11H,5-6,9H2,1-2H3. The van der Waals surface area contributed by atoms with Crippen LogP contribution < -0.4 is 4.90 Å². The van der Waals surface area contributed by atoms with Gasteiger partial charge in [0.1, 0.15) is 10.8 Å². The lowest BCUT2D eigenvalue weighted by molar-refractivity contribution is -0.384. The van der Waals surface area contributed by atoms with Gasteiger partial charge in [-0.3, -0.25) is 10.1 Å². The van der Waals surface area contributed by atoms with E-state index in [2.05, 4.69) is 9.97 Å². The molecule has 1 heterocycles. The lowest BCUT2D eigenvalue weighted by Crippen LogP contribution is -2.21. The van der Waals surface area contributed by atoms with Crippen LogP contribution in [-0.2, 0) is 11.3 Å². The van der Waals surface area contributed by atoms with E-state index in [-0.39, 0.29) is 22.3 Å². The van der Waals surface area contributed by atoms with Crippen LogP contribution in [0.5, 0.6) is 0 Å². The minimum absolute atomic E-state index is 0.0282. The highest BCUT2D eigenvalue weighted by Gasteiger charge is 2.30. The molecule has 0 spiro atoms. The van der Waals surface area contributed by atoms with Gasteiger partial charge in [-0.2, -0.15) is 0 Å². The Labute approximate surface area is 154 Å². The second kappa shape index (κ2) is 7.25. The Morgan fingerprint density at radius 3 is 2.54 bits per heavy atom. The summed E-state index contributed by atoms with van der Waals surface area (Å²) in [5, 5.41) is 10.9. The third-order valence-corrected chi connectivity index (χ3v) is 4.45. The third kappa shape index (κ3) is 3.75. The largest absolute Gasteiger partial charge is 0.464 e. The number of carbonyl (C=O) groups is 1. The molecule has 26 heavy (non-hydrogen) atoms. The fourth-order valence-corrected chi connectivity index (χ4v) is 2.84. The van der Waals surface area contributed by atoms with E-state index in [9.17, 15) is 14.9 Å². The zero-order chi connectivity index (χ0) is 18.8. The van der Waals surface area contributed by atoms with Gasteiger partial charge in [-0.05, 0) is 18.4 Å². The Balaban J connectivity index is 1.90. The number of ether oxygens (including phenoxy) is 1. The Morgan fingerprint density at radius 2 is 2.00 bits per heavy atom. The van der Waals surface area contributed by atoms with Crippen LogP contribution in [0.25, 0.3) is 0 Å². The molecule has 0 unspecified atom stereocenters. The predicted molar refractivity (Wildman–Crippen MR) is 95.6 cm³/mol. The zero-order valence-corrected chi connectivity index (χ0v) is 15.1. The first-order valence-corrected chi connectivity index (χ1v) is 8.38. The smallest absolute Gasteiger partial charge is 0.358 e. The molecule has 136 valence electrons. The van der Waals surface area contributed by atoms with Crippen molar-refractivity contribution in [1.82, 2.24) is 9.97 Å². The maximum absolute atomic E-state index is 12.0. The summed E-state index contributed by atoms with van der Waals surface area (Å²) in [6.45, 7) is 0.416. The van der Waals surface area contributed by atoms with Gasteiger partial charge in [0.25, 0.3) is 5.69 Å². The number of benzene rings is 1. The fourth-order valence-electron chi connectivity index (χ4n) is 2.53. The molecule has 0 amide bonds. The SMILES string of the molecule is COC(=O)c1nc(C2CC2)nc(N(C)Cc2ccc([N+](=O)[O-])cc2)c1Cl. The van der Waals surface area contributed by atoms with Crippen LogP contribution in [0.15, 0.2) is 24.3 Å². The monoisotopic (exact) mass is 376 g/mol. The maximum atomic E-state index is 12.0. The summed E-state index contributed by atoms with van der Waals surface area (Å²) < 4.78 is 4.76. The van der Waals surface area contributed by atoms with Crippen molar-refractivity contribution < 1.29 is 14.5 Å². The average Bonchev–Trinajstić information content (AvgIpc) is 3.46. The van der Waals surface area contributed by atoms with Gasteiger partial charge in [-0.25, -0.2) is 14.8 Å². The Morgan fingerprint density at radius 1 is 1.35 bits per heavy atom. The van der Waals surface area contributed by atoms with E-state index in [1.807, 2.05) is 0 Å². The van der Waals surface area contributed by atoms with Crippen molar-refractivity contribution >= 4 is 29.1 Å². The number of anilines is 1. The van der Waals surface area contributed by atoms with E-state index in [0.717, 1.165) is 18.4 Å². The molecule has 1 fully saturated rings. The summed E-state index contributed by atoms with van der Waals surface area (Å²) in [5.41, 5.74) is 0.928. The molecule has 8 nitrogen and oxygen atoms in total. The lowest BCUT2D eigenvalue weighted by Gasteiger charge is -2.21. The van der Waals surface area contributed by atoms with Crippen LogP contribution in [0.3, 0.4) is 0 Å². The van der Waals surface area contributed by atoms with Crippen molar-refractivity contribution in [1.29, 1.82) is 0 Å². The van der Waals surface area contributed by atoms with E-state index >= 15 is 0 Å². The number of hydrogen-bond acceptors (Lipinski definition) is 7. The lowest BCUT2D eigenvalue weighted by atomic mass is 10.2. The van der Waals surface area contributed by atoms with Gasteiger partial charge in [0.15, 0.2) is 11.5 Å². The van der Waals surface area contributed by atoms with E-state index in [1.54, 1.807) is 24.1 Å². The summed E-state index contributed by atoms with van der Waals surface area (Å²) in [6, 6.07) is 6.24. The molecule has 0 N–H and O–H groups in total. The zero-order valence-electron chi connectivity index (χ0n) is 14.3. The predicted octanol–water partition coefficient (Wildman–Crippen LogP) is 3.34.